The predicted molar refractivity (Wildman–Crippen MR) is 67.7 cm³/mol. The number of hydrogen-bond donors (Lipinski definition) is 5. The number of nitrogens with one attached hydrogen (secondary N) is 2. The maximum absolute atomic E-state index is 11.6. The van der Waals surface area contributed by atoms with Crippen molar-refractivity contribution in [1.82, 2.24) is 10.6 Å². The Kier molecular flexibility index (Phi) is 7.90. The molecule has 9 nitrogen and oxygen atoms in total. The zero-order valence-corrected chi connectivity index (χ0v) is 11.1. The molecule has 0 radical (unpaired) electrons. The molecular formula is C11H19N3O6. The summed E-state index contributed by atoms with van der Waals surface area (Å²) < 4.78 is 0. The number of carbonyl (C=O) groups is 4. The zero-order valence-electron chi connectivity index (χ0n) is 11.1. The van der Waals surface area contributed by atoms with Crippen LogP contribution >= 0.6 is 0 Å². The first-order valence-electron chi connectivity index (χ1n) is 6.05. The molecule has 0 unspecified atom stereocenters. The van der Waals surface area contributed by atoms with Crippen molar-refractivity contribution in [3.63, 3.8) is 0 Å². The fourth-order valence-electron chi connectivity index (χ4n) is 1.33. The van der Waals surface area contributed by atoms with Gasteiger partial charge >= 0.3 is 11.9 Å². The molecule has 0 aliphatic carbocycles. The van der Waals surface area contributed by atoms with Gasteiger partial charge in [-0.15, -0.1) is 0 Å². The first-order valence-corrected chi connectivity index (χ1v) is 6.05. The van der Waals surface area contributed by atoms with Gasteiger partial charge in [0.2, 0.25) is 11.8 Å². The highest BCUT2D eigenvalue weighted by atomic mass is 16.4. The molecule has 114 valence electrons. The van der Waals surface area contributed by atoms with Crippen molar-refractivity contribution in [2.24, 2.45) is 5.73 Å². The van der Waals surface area contributed by atoms with Gasteiger partial charge in [-0.05, 0) is 12.8 Å². The van der Waals surface area contributed by atoms with E-state index in [2.05, 4.69) is 10.6 Å². The molecule has 0 spiro atoms. The Labute approximate surface area is 115 Å². The van der Waals surface area contributed by atoms with Gasteiger partial charge in [-0.1, -0.05) is 6.92 Å². The number of nitrogens with two attached hydrogens (primary N) is 1. The van der Waals surface area contributed by atoms with E-state index in [0.29, 0.717) is 0 Å². The van der Waals surface area contributed by atoms with Gasteiger partial charge < -0.3 is 26.6 Å². The molecule has 9 heteroatoms. The van der Waals surface area contributed by atoms with E-state index in [4.69, 9.17) is 15.9 Å². The number of carboxylic acid groups (broad SMARTS) is 2. The zero-order chi connectivity index (χ0) is 15.7. The van der Waals surface area contributed by atoms with Gasteiger partial charge in [0.15, 0.2) is 0 Å². The van der Waals surface area contributed by atoms with E-state index >= 15 is 0 Å². The van der Waals surface area contributed by atoms with Gasteiger partial charge in [0, 0.05) is 6.42 Å². The van der Waals surface area contributed by atoms with Crippen LogP contribution in [0, 0.1) is 0 Å². The molecule has 0 aromatic heterocycles. The van der Waals surface area contributed by atoms with Crippen LogP contribution in [0.2, 0.25) is 0 Å². The monoisotopic (exact) mass is 289 g/mol. The number of carbonyl (C=O) groups excluding carboxylic acids is 2. The van der Waals surface area contributed by atoms with Gasteiger partial charge in [0.1, 0.15) is 12.6 Å². The van der Waals surface area contributed by atoms with Gasteiger partial charge in [-0.25, -0.2) is 0 Å². The van der Waals surface area contributed by atoms with Crippen LogP contribution in [0.4, 0.5) is 0 Å². The summed E-state index contributed by atoms with van der Waals surface area (Å²) in [7, 11) is 0. The maximum Gasteiger partial charge on any atom is 0.322 e. The number of amides is 2. The molecule has 0 heterocycles. The summed E-state index contributed by atoms with van der Waals surface area (Å²) in [5.41, 5.74) is 5.49. The molecule has 0 rings (SSSR count). The maximum atomic E-state index is 11.6. The first kappa shape index (κ1) is 17.8. The van der Waals surface area contributed by atoms with Crippen molar-refractivity contribution in [3.8, 4) is 0 Å². The second-order valence-electron chi connectivity index (χ2n) is 4.12. The van der Waals surface area contributed by atoms with E-state index in [-0.39, 0.29) is 19.3 Å². The average molecular weight is 289 g/mol. The minimum atomic E-state index is -1.20. The SMILES string of the molecule is CC[C@H](NC(=O)[C@@H](N)CCC(=O)O)C(=O)NCC(=O)O. The summed E-state index contributed by atoms with van der Waals surface area (Å²) in [6, 6.07) is -1.94. The molecule has 0 aromatic rings. The molecule has 0 saturated carbocycles. The summed E-state index contributed by atoms with van der Waals surface area (Å²) in [6.45, 7) is 1.09. The van der Waals surface area contributed by atoms with E-state index in [1.807, 2.05) is 0 Å². The van der Waals surface area contributed by atoms with Gasteiger partial charge in [-0.2, -0.15) is 0 Å². The molecule has 0 fully saturated rings. The Morgan fingerprint density at radius 2 is 1.70 bits per heavy atom. The summed E-state index contributed by atoms with van der Waals surface area (Å²) in [5, 5.41) is 21.4. The topological polar surface area (TPSA) is 159 Å². The lowest BCUT2D eigenvalue weighted by Gasteiger charge is -2.18. The van der Waals surface area contributed by atoms with Crippen molar-refractivity contribution >= 4 is 23.8 Å². The summed E-state index contributed by atoms with van der Waals surface area (Å²) >= 11 is 0. The normalized spacial score (nSPS) is 13.1. The van der Waals surface area contributed by atoms with E-state index in [9.17, 15) is 19.2 Å². The quantitative estimate of drug-likeness (QED) is 0.337. The predicted octanol–water partition coefficient (Wildman–Crippen LogP) is -1.73. The van der Waals surface area contributed by atoms with E-state index < -0.39 is 42.4 Å². The third-order valence-electron chi connectivity index (χ3n) is 2.46. The second-order valence-corrected chi connectivity index (χ2v) is 4.12. The largest absolute Gasteiger partial charge is 0.481 e. The van der Waals surface area contributed by atoms with E-state index in [0.717, 1.165) is 0 Å². The van der Waals surface area contributed by atoms with E-state index in [1.165, 1.54) is 0 Å². The smallest absolute Gasteiger partial charge is 0.322 e. The minimum absolute atomic E-state index is 0.0473. The van der Waals surface area contributed by atoms with Gasteiger partial charge in [-0.3, -0.25) is 19.2 Å². The third kappa shape index (κ3) is 7.31. The summed E-state index contributed by atoms with van der Waals surface area (Å²) in [4.78, 5) is 43.9. The number of rotatable bonds is 9. The number of hydrogen-bond acceptors (Lipinski definition) is 5. The standard InChI is InChI=1S/C11H19N3O6/c1-2-7(11(20)13-5-9(17)18)14-10(19)6(12)3-4-8(15)16/h6-7H,2-5,12H2,1H3,(H,13,20)(H,14,19)(H,15,16)(H,17,18)/t6-,7-/m0/s1. The number of aliphatic carboxylic acids is 2. The fraction of sp³-hybridized carbons (Fsp3) is 0.636. The van der Waals surface area contributed by atoms with E-state index in [1.54, 1.807) is 6.92 Å². The Balaban J connectivity index is 4.33. The van der Waals surface area contributed by atoms with Crippen LogP contribution in [0.1, 0.15) is 26.2 Å². The molecule has 0 bridgehead atoms. The fourth-order valence-corrected chi connectivity index (χ4v) is 1.33. The lowest BCUT2D eigenvalue weighted by molar-refractivity contribution is -0.138. The van der Waals surface area contributed by atoms with Crippen LogP contribution in [0.15, 0.2) is 0 Å². The molecular weight excluding hydrogens is 270 g/mol. The molecule has 0 aliphatic rings. The highest BCUT2D eigenvalue weighted by Crippen LogP contribution is 1.98. The average Bonchev–Trinajstić information content (AvgIpc) is 2.38. The third-order valence-corrected chi connectivity index (χ3v) is 2.46. The Bertz CT molecular complexity index is 384. The second kappa shape index (κ2) is 8.86. The van der Waals surface area contributed by atoms with Gasteiger partial charge in [0.05, 0.1) is 6.04 Å². The molecule has 0 aromatic carbocycles. The number of carboxylic acids is 2. The van der Waals surface area contributed by atoms with Crippen LogP contribution in [0.5, 0.6) is 0 Å². The van der Waals surface area contributed by atoms with Crippen LogP contribution in [-0.2, 0) is 19.2 Å². The molecule has 2 amide bonds. The van der Waals surface area contributed by atoms with Crippen LogP contribution in [-0.4, -0.2) is 52.6 Å². The van der Waals surface area contributed by atoms with Crippen molar-refractivity contribution in [2.75, 3.05) is 6.54 Å². The van der Waals surface area contributed by atoms with Crippen LogP contribution in [0.25, 0.3) is 0 Å². The van der Waals surface area contributed by atoms with Crippen molar-refractivity contribution in [1.29, 1.82) is 0 Å². The first-order chi connectivity index (χ1) is 9.27. The Morgan fingerprint density at radius 1 is 1.10 bits per heavy atom. The highest BCUT2D eigenvalue weighted by molar-refractivity contribution is 5.91. The van der Waals surface area contributed by atoms with Crippen molar-refractivity contribution in [3.05, 3.63) is 0 Å². The Morgan fingerprint density at radius 3 is 2.15 bits per heavy atom. The van der Waals surface area contributed by atoms with Crippen LogP contribution in [0.3, 0.4) is 0 Å². The molecule has 0 saturated heterocycles. The summed E-state index contributed by atoms with van der Waals surface area (Å²) in [5.74, 6) is -3.55. The Hall–Kier alpha value is -2.16. The minimum Gasteiger partial charge on any atom is -0.481 e. The van der Waals surface area contributed by atoms with Gasteiger partial charge in [0.25, 0.3) is 0 Å². The molecule has 0 aliphatic heterocycles. The van der Waals surface area contributed by atoms with Crippen LogP contribution < -0.4 is 16.4 Å². The molecule has 2 atom stereocenters. The van der Waals surface area contributed by atoms with Crippen molar-refractivity contribution in [2.45, 2.75) is 38.3 Å². The lowest BCUT2D eigenvalue weighted by atomic mass is 10.1. The molecule has 6 N–H and O–H groups in total. The molecule has 20 heavy (non-hydrogen) atoms. The lowest BCUT2D eigenvalue weighted by Crippen LogP contribution is -2.52. The summed E-state index contributed by atoms with van der Waals surface area (Å²) in [6.07, 6.45) is -0.0478. The highest BCUT2D eigenvalue weighted by Gasteiger charge is 2.22. The van der Waals surface area contributed by atoms with Crippen molar-refractivity contribution < 1.29 is 29.4 Å².